The molecule has 2 heterocycles. The third kappa shape index (κ3) is 3.45. The van der Waals surface area contributed by atoms with Gasteiger partial charge in [0.15, 0.2) is 5.15 Å². The Morgan fingerprint density at radius 3 is 3.00 bits per heavy atom. The first-order chi connectivity index (χ1) is 9.60. The highest BCUT2D eigenvalue weighted by Crippen LogP contribution is 2.21. The van der Waals surface area contributed by atoms with Gasteiger partial charge in [0.25, 0.3) is 0 Å². The molecule has 106 valence electrons. The molecule has 0 aliphatic carbocycles. The second-order valence-electron chi connectivity index (χ2n) is 4.02. The Bertz CT molecular complexity index is 616. The zero-order chi connectivity index (χ0) is 14.5. The van der Waals surface area contributed by atoms with Gasteiger partial charge in [0.05, 0.1) is 24.3 Å². The molecule has 8 heteroatoms. The number of rotatable bonds is 4. The van der Waals surface area contributed by atoms with E-state index in [-0.39, 0.29) is 11.2 Å². The van der Waals surface area contributed by atoms with E-state index in [0.717, 1.165) is 12.6 Å². The molecular formula is C12H13ClFN5O. The molecule has 20 heavy (non-hydrogen) atoms. The number of urea groups is 1. The van der Waals surface area contributed by atoms with Crippen molar-refractivity contribution >= 4 is 23.3 Å². The molecule has 0 aliphatic heterocycles. The van der Waals surface area contributed by atoms with Crippen molar-refractivity contribution < 1.29 is 9.18 Å². The maximum absolute atomic E-state index is 13.1. The van der Waals surface area contributed by atoms with Crippen LogP contribution in [0.3, 0.4) is 0 Å². The summed E-state index contributed by atoms with van der Waals surface area (Å²) in [6.45, 7) is 2.51. The number of anilines is 1. The molecule has 2 aromatic heterocycles. The van der Waals surface area contributed by atoms with Gasteiger partial charge >= 0.3 is 6.03 Å². The van der Waals surface area contributed by atoms with Gasteiger partial charge < -0.3 is 10.6 Å². The van der Waals surface area contributed by atoms with Crippen molar-refractivity contribution in [2.45, 2.75) is 13.3 Å². The van der Waals surface area contributed by atoms with Crippen molar-refractivity contribution in [3.8, 4) is 5.69 Å². The maximum atomic E-state index is 13.1. The highest BCUT2D eigenvalue weighted by atomic mass is 35.5. The molecule has 2 aromatic rings. The van der Waals surface area contributed by atoms with Crippen LogP contribution < -0.4 is 10.6 Å². The van der Waals surface area contributed by atoms with Crippen molar-refractivity contribution in [1.29, 1.82) is 0 Å². The first-order valence-electron chi connectivity index (χ1n) is 6.01. The molecule has 0 spiro atoms. The average Bonchev–Trinajstić information content (AvgIpc) is 2.78. The Labute approximate surface area is 120 Å². The quantitative estimate of drug-likeness (QED) is 0.911. The fraction of sp³-hybridized carbons (Fsp3) is 0.250. The van der Waals surface area contributed by atoms with Gasteiger partial charge in [-0.25, -0.2) is 13.9 Å². The second-order valence-corrected chi connectivity index (χ2v) is 4.38. The van der Waals surface area contributed by atoms with Gasteiger partial charge in [-0.3, -0.25) is 4.98 Å². The van der Waals surface area contributed by atoms with Crippen LogP contribution in [0.2, 0.25) is 5.15 Å². The number of hydrogen-bond acceptors (Lipinski definition) is 3. The van der Waals surface area contributed by atoms with E-state index >= 15 is 0 Å². The minimum absolute atomic E-state index is 0.112. The summed E-state index contributed by atoms with van der Waals surface area (Å²) in [5, 5.41) is 9.32. The summed E-state index contributed by atoms with van der Waals surface area (Å²) < 4.78 is 14.4. The van der Waals surface area contributed by atoms with Gasteiger partial charge in [-0.2, -0.15) is 5.10 Å². The number of carbonyl (C=O) groups excluding carboxylic acids is 1. The molecule has 0 fully saturated rings. The smallest absolute Gasteiger partial charge is 0.319 e. The minimum Gasteiger partial charge on any atom is -0.338 e. The molecule has 0 saturated carbocycles. The third-order valence-corrected chi connectivity index (χ3v) is 2.69. The van der Waals surface area contributed by atoms with E-state index < -0.39 is 5.82 Å². The zero-order valence-electron chi connectivity index (χ0n) is 10.7. The number of halogens is 2. The van der Waals surface area contributed by atoms with Crippen molar-refractivity contribution in [2.24, 2.45) is 0 Å². The first kappa shape index (κ1) is 14.3. The van der Waals surface area contributed by atoms with Crippen LogP contribution in [0.5, 0.6) is 0 Å². The number of amides is 2. The lowest BCUT2D eigenvalue weighted by molar-refractivity contribution is 0.252. The van der Waals surface area contributed by atoms with Crippen LogP contribution in [0.25, 0.3) is 5.69 Å². The molecular weight excluding hydrogens is 285 g/mol. The third-order valence-electron chi connectivity index (χ3n) is 2.41. The molecule has 2 rings (SSSR count). The van der Waals surface area contributed by atoms with E-state index in [1.807, 2.05) is 6.92 Å². The molecule has 0 aromatic carbocycles. The van der Waals surface area contributed by atoms with E-state index in [1.165, 1.54) is 23.1 Å². The van der Waals surface area contributed by atoms with Crippen molar-refractivity contribution in [2.75, 3.05) is 11.9 Å². The van der Waals surface area contributed by atoms with Crippen molar-refractivity contribution in [3.63, 3.8) is 0 Å². The molecule has 0 radical (unpaired) electrons. The maximum Gasteiger partial charge on any atom is 0.319 e. The number of hydrogen-bond donors (Lipinski definition) is 2. The lowest BCUT2D eigenvalue weighted by atomic mass is 10.4. The topological polar surface area (TPSA) is 71.8 Å². The Morgan fingerprint density at radius 1 is 1.50 bits per heavy atom. The number of pyridine rings is 1. The summed E-state index contributed by atoms with van der Waals surface area (Å²) in [7, 11) is 0. The Hall–Kier alpha value is -2.15. The van der Waals surface area contributed by atoms with E-state index in [0.29, 0.717) is 17.9 Å². The molecule has 0 atom stereocenters. The summed E-state index contributed by atoms with van der Waals surface area (Å²) in [5.41, 5.74) is 0.749. The minimum atomic E-state index is -0.482. The Morgan fingerprint density at radius 2 is 2.30 bits per heavy atom. The Balaban J connectivity index is 2.15. The van der Waals surface area contributed by atoms with E-state index in [2.05, 4.69) is 20.7 Å². The molecule has 0 bridgehead atoms. The molecule has 6 nitrogen and oxygen atoms in total. The van der Waals surface area contributed by atoms with Gasteiger partial charge in [-0.05, 0) is 6.42 Å². The summed E-state index contributed by atoms with van der Waals surface area (Å²) in [4.78, 5) is 15.3. The highest BCUT2D eigenvalue weighted by molar-refractivity contribution is 6.32. The number of nitrogens with one attached hydrogen (secondary N) is 2. The van der Waals surface area contributed by atoms with Gasteiger partial charge in [0.2, 0.25) is 0 Å². The highest BCUT2D eigenvalue weighted by Gasteiger charge is 2.11. The van der Waals surface area contributed by atoms with Crippen LogP contribution in [0.1, 0.15) is 13.3 Å². The molecule has 2 N–H and O–H groups in total. The molecule has 2 amide bonds. The summed E-state index contributed by atoms with van der Waals surface area (Å²) in [5.74, 6) is -0.482. The largest absolute Gasteiger partial charge is 0.338 e. The summed E-state index contributed by atoms with van der Waals surface area (Å²) in [6.07, 6.45) is 4.85. The fourth-order valence-corrected chi connectivity index (χ4v) is 1.68. The standard InChI is InChI=1S/C12H13ClFN5O/c1-2-3-16-12(20)17-10-7-19(18-11(10)13)9-4-8(14)5-15-6-9/h4-7H,2-3H2,1H3,(H2,16,17,20). The SMILES string of the molecule is CCCNC(=O)Nc1cn(-c2cncc(F)c2)nc1Cl. The van der Waals surface area contributed by atoms with Gasteiger partial charge in [0, 0.05) is 12.6 Å². The van der Waals surface area contributed by atoms with Gasteiger partial charge in [-0.15, -0.1) is 0 Å². The van der Waals surface area contributed by atoms with Gasteiger partial charge in [-0.1, -0.05) is 18.5 Å². The fourth-order valence-electron chi connectivity index (χ4n) is 1.50. The van der Waals surface area contributed by atoms with Gasteiger partial charge in [0.1, 0.15) is 11.5 Å². The second kappa shape index (κ2) is 6.33. The number of nitrogens with zero attached hydrogens (tertiary/aromatic N) is 3. The average molecular weight is 298 g/mol. The van der Waals surface area contributed by atoms with Crippen LogP contribution in [-0.2, 0) is 0 Å². The molecule has 0 saturated heterocycles. The van der Waals surface area contributed by atoms with Crippen molar-refractivity contribution in [3.05, 3.63) is 35.6 Å². The number of carbonyl (C=O) groups is 1. The predicted molar refractivity (Wildman–Crippen MR) is 73.6 cm³/mol. The van der Waals surface area contributed by atoms with Crippen LogP contribution in [0.15, 0.2) is 24.7 Å². The van der Waals surface area contributed by atoms with E-state index in [4.69, 9.17) is 11.6 Å². The monoisotopic (exact) mass is 297 g/mol. The molecule has 0 aliphatic rings. The predicted octanol–water partition coefficient (Wildman–Crippen LogP) is 2.59. The summed E-state index contributed by atoms with van der Waals surface area (Å²) >= 11 is 5.92. The normalized spacial score (nSPS) is 10.3. The number of aromatic nitrogens is 3. The van der Waals surface area contributed by atoms with Crippen LogP contribution in [-0.4, -0.2) is 27.3 Å². The van der Waals surface area contributed by atoms with E-state index in [1.54, 1.807) is 0 Å². The summed E-state index contributed by atoms with van der Waals surface area (Å²) in [6, 6.07) is 0.891. The van der Waals surface area contributed by atoms with Crippen molar-refractivity contribution in [1.82, 2.24) is 20.1 Å². The molecule has 0 unspecified atom stereocenters. The van der Waals surface area contributed by atoms with E-state index in [9.17, 15) is 9.18 Å². The van der Waals surface area contributed by atoms with Crippen LogP contribution >= 0.6 is 11.6 Å². The first-order valence-corrected chi connectivity index (χ1v) is 6.39. The van der Waals surface area contributed by atoms with Crippen LogP contribution in [0, 0.1) is 5.82 Å². The van der Waals surface area contributed by atoms with Crippen LogP contribution in [0.4, 0.5) is 14.9 Å². The Kier molecular flexibility index (Phi) is 4.52. The zero-order valence-corrected chi connectivity index (χ0v) is 11.5. The lowest BCUT2D eigenvalue weighted by Crippen LogP contribution is -2.29. The lowest BCUT2D eigenvalue weighted by Gasteiger charge is -2.04.